The molecule has 0 radical (unpaired) electrons. The quantitative estimate of drug-likeness (QED) is 0.389. The van der Waals surface area contributed by atoms with Crippen molar-refractivity contribution < 1.29 is 14.8 Å². The van der Waals surface area contributed by atoms with Crippen molar-refractivity contribution in [3.05, 3.63) is 58.9 Å². The summed E-state index contributed by atoms with van der Waals surface area (Å²) in [6, 6.07) is 9.98. The molecule has 9 nitrogen and oxygen atoms in total. The summed E-state index contributed by atoms with van der Waals surface area (Å²) in [5, 5.41) is 22.7. The number of carbonyl (C=O) groups excluding carboxylic acids is 1. The zero-order chi connectivity index (χ0) is 16.4. The van der Waals surface area contributed by atoms with Gasteiger partial charge in [-0.05, 0) is 18.2 Å². The molecular formula is C14H11N5O4. The molecule has 0 saturated carbocycles. The smallest absolute Gasteiger partial charge is 0.338 e. The number of imidazole rings is 1. The fourth-order valence-electron chi connectivity index (χ4n) is 2.05. The van der Waals surface area contributed by atoms with Crippen LogP contribution in [0.4, 0.5) is 16.2 Å². The molecule has 1 aromatic heterocycles. The number of phenols is 1. The van der Waals surface area contributed by atoms with E-state index in [9.17, 15) is 20.0 Å². The van der Waals surface area contributed by atoms with E-state index in [2.05, 4.69) is 15.7 Å². The molecule has 0 unspecified atom stereocenters. The van der Waals surface area contributed by atoms with E-state index in [1.54, 1.807) is 12.1 Å². The number of aromatic hydroxyl groups is 1. The minimum absolute atomic E-state index is 0.0533. The second kappa shape index (κ2) is 5.64. The van der Waals surface area contributed by atoms with Crippen LogP contribution < -0.4 is 10.7 Å². The van der Waals surface area contributed by atoms with Crippen molar-refractivity contribution in [3.63, 3.8) is 0 Å². The Hall–Kier alpha value is -3.62. The number of hydrogen-bond donors (Lipinski definition) is 3. The number of amides is 2. The van der Waals surface area contributed by atoms with Crippen molar-refractivity contribution in [1.29, 1.82) is 0 Å². The Morgan fingerprint density at radius 2 is 2.04 bits per heavy atom. The molecule has 0 fully saturated rings. The highest BCUT2D eigenvalue weighted by atomic mass is 16.6. The number of urea groups is 1. The molecule has 3 rings (SSSR count). The molecule has 1 heterocycles. The zero-order valence-corrected chi connectivity index (χ0v) is 11.6. The highest BCUT2D eigenvalue weighted by molar-refractivity contribution is 5.97. The molecule has 0 aliphatic heterocycles. The van der Waals surface area contributed by atoms with Crippen LogP contribution in [0.15, 0.2) is 48.8 Å². The molecule has 0 aliphatic carbocycles. The van der Waals surface area contributed by atoms with Crippen LogP contribution in [0.2, 0.25) is 0 Å². The van der Waals surface area contributed by atoms with Gasteiger partial charge in [0.1, 0.15) is 12.1 Å². The lowest BCUT2D eigenvalue weighted by atomic mass is 10.2. The minimum atomic E-state index is -0.638. The lowest BCUT2D eigenvalue weighted by Crippen LogP contribution is -2.27. The van der Waals surface area contributed by atoms with Crippen molar-refractivity contribution in [2.45, 2.75) is 0 Å². The maximum atomic E-state index is 12.0. The predicted octanol–water partition coefficient (Wildman–Crippen LogP) is 2.43. The Balaban J connectivity index is 1.76. The SMILES string of the molecule is O=C(Nc1ccc([N+](=O)[O-])cc1O)Nn1cnc2ccccc21. The molecule has 3 aromatic rings. The minimum Gasteiger partial charge on any atom is -0.506 e. The Labute approximate surface area is 129 Å². The van der Waals surface area contributed by atoms with Gasteiger partial charge in [0.15, 0.2) is 0 Å². The Bertz CT molecular complexity index is 905. The molecule has 0 saturated heterocycles. The first-order valence-electron chi connectivity index (χ1n) is 6.52. The number of nitrogens with one attached hydrogen (secondary N) is 2. The molecule has 2 aromatic carbocycles. The summed E-state index contributed by atoms with van der Waals surface area (Å²) in [4.78, 5) is 26.1. The Kier molecular flexibility index (Phi) is 3.51. The number of anilines is 1. The van der Waals surface area contributed by atoms with Crippen molar-refractivity contribution >= 4 is 28.4 Å². The van der Waals surface area contributed by atoms with E-state index in [1.165, 1.54) is 23.1 Å². The van der Waals surface area contributed by atoms with Crippen LogP contribution in [0.25, 0.3) is 11.0 Å². The van der Waals surface area contributed by atoms with Crippen LogP contribution in [-0.2, 0) is 0 Å². The van der Waals surface area contributed by atoms with Gasteiger partial charge in [0, 0.05) is 6.07 Å². The standard InChI is InChI=1S/C14H11N5O4/c20-13-7-9(19(22)23)5-6-11(13)16-14(21)17-18-8-15-10-3-1-2-4-12(10)18/h1-8,20H,(H2,16,17,21). The number of fused-ring (bicyclic) bond motifs is 1. The van der Waals surface area contributed by atoms with E-state index in [-0.39, 0.29) is 11.4 Å². The first-order chi connectivity index (χ1) is 11.0. The van der Waals surface area contributed by atoms with Gasteiger partial charge in [-0.3, -0.25) is 10.1 Å². The van der Waals surface area contributed by atoms with Gasteiger partial charge in [0.2, 0.25) is 0 Å². The number of phenolic OH excluding ortho intramolecular Hbond substituents is 1. The van der Waals surface area contributed by atoms with E-state index < -0.39 is 16.7 Å². The second-order valence-electron chi connectivity index (χ2n) is 4.63. The van der Waals surface area contributed by atoms with Gasteiger partial charge in [0.25, 0.3) is 5.69 Å². The number of benzene rings is 2. The van der Waals surface area contributed by atoms with Crippen LogP contribution in [-0.4, -0.2) is 25.7 Å². The Morgan fingerprint density at radius 3 is 2.78 bits per heavy atom. The van der Waals surface area contributed by atoms with Crippen LogP contribution in [0.3, 0.4) is 0 Å². The molecule has 116 valence electrons. The highest BCUT2D eigenvalue weighted by Crippen LogP contribution is 2.27. The number of non-ortho nitro benzene ring substituents is 1. The number of para-hydroxylation sites is 2. The van der Waals surface area contributed by atoms with Crippen molar-refractivity contribution in [1.82, 2.24) is 9.66 Å². The third-order valence-corrected chi connectivity index (χ3v) is 3.12. The number of nitrogens with zero attached hydrogens (tertiary/aromatic N) is 3. The summed E-state index contributed by atoms with van der Waals surface area (Å²) in [7, 11) is 0. The number of nitro benzene ring substituents is 1. The molecule has 0 spiro atoms. The van der Waals surface area contributed by atoms with Gasteiger partial charge in [-0.1, -0.05) is 12.1 Å². The van der Waals surface area contributed by atoms with E-state index in [4.69, 9.17) is 0 Å². The van der Waals surface area contributed by atoms with Gasteiger partial charge in [-0.2, -0.15) is 0 Å². The Morgan fingerprint density at radius 1 is 1.26 bits per heavy atom. The molecular weight excluding hydrogens is 302 g/mol. The van der Waals surface area contributed by atoms with Crippen LogP contribution >= 0.6 is 0 Å². The summed E-state index contributed by atoms with van der Waals surface area (Å²) >= 11 is 0. The summed E-state index contributed by atoms with van der Waals surface area (Å²) in [6.45, 7) is 0. The lowest BCUT2D eigenvalue weighted by molar-refractivity contribution is -0.384. The van der Waals surface area contributed by atoms with Gasteiger partial charge >= 0.3 is 6.03 Å². The number of carbonyl (C=O) groups is 1. The highest BCUT2D eigenvalue weighted by Gasteiger charge is 2.12. The van der Waals surface area contributed by atoms with Crippen LogP contribution in [0.5, 0.6) is 5.75 Å². The summed E-state index contributed by atoms with van der Waals surface area (Å²) in [5.74, 6) is -0.398. The second-order valence-corrected chi connectivity index (χ2v) is 4.63. The fourth-order valence-corrected chi connectivity index (χ4v) is 2.05. The molecule has 2 amide bonds. The van der Waals surface area contributed by atoms with E-state index in [0.717, 1.165) is 6.07 Å². The van der Waals surface area contributed by atoms with Crippen molar-refractivity contribution in [3.8, 4) is 5.75 Å². The third-order valence-electron chi connectivity index (χ3n) is 3.12. The van der Waals surface area contributed by atoms with Crippen molar-refractivity contribution in [2.75, 3.05) is 10.7 Å². The third kappa shape index (κ3) is 2.88. The average Bonchev–Trinajstić information content (AvgIpc) is 2.92. The monoisotopic (exact) mass is 313 g/mol. The molecule has 9 heteroatoms. The number of rotatable bonds is 3. The number of aromatic nitrogens is 2. The molecule has 23 heavy (non-hydrogen) atoms. The molecule has 0 bridgehead atoms. The summed E-state index contributed by atoms with van der Waals surface area (Å²) in [6.07, 6.45) is 1.44. The van der Waals surface area contributed by atoms with Gasteiger partial charge < -0.3 is 10.4 Å². The van der Waals surface area contributed by atoms with Gasteiger partial charge in [-0.15, -0.1) is 0 Å². The van der Waals surface area contributed by atoms with Crippen LogP contribution in [0.1, 0.15) is 0 Å². The van der Waals surface area contributed by atoms with E-state index in [0.29, 0.717) is 11.0 Å². The zero-order valence-electron chi connectivity index (χ0n) is 11.6. The normalized spacial score (nSPS) is 10.4. The van der Waals surface area contributed by atoms with E-state index in [1.807, 2.05) is 12.1 Å². The predicted molar refractivity (Wildman–Crippen MR) is 82.9 cm³/mol. The van der Waals surface area contributed by atoms with E-state index >= 15 is 0 Å². The fraction of sp³-hybridized carbons (Fsp3) is 0. The summed E-state index contributed by atoms with van der Waals surface area (Å²) < 4.78 is 1.42. The molecule has 0 atom stereocenters. The maximum Gasteiger partial charge on any atom is 0.338 e. The number of nitro groups is 1. The largest absolute Gasteiger partial charge is 0.506 e. The van der Waals surface area contributed by atoms with Gasteiger partial charge in [0.05, 0.1) is 27.7 Å². The number of hydrogen-bond acceptors (Lipinski definition) is 5. The van der Waals surface area contributed by atoms with Gasteiger partial charge in [-0.25, -0.2) is 19.9 Å². The maximum absolute atomic E-state index is 12.0. The topological polar surface area (TPSA) is 122 Å². The summed E-state index contributed by atoms with van der Waals surface area (Å²) in [5.41, 5.74) is 3.74. The average molecular weight is 313 g/mol. The van der Waals surface area contributed by atoms with Crippen molar-refractivity contribution in [2.24, 2.45) is 0 Å². The molecule has 0 aliphatic rings. The molecule has 3 N–H and O–H groups in total. The first kappa shape index (κ1) is 14.3. The first-order valence-corrected chi connectivity index (χ1v) is 6.52. The lowest BCUT2D eigenvalue weighted by Gasteiger charge is -2.10. The van der Waals surface area contributed by atoms with Crippen LogP contribution in [0, 0.1) is 10.1 Å².